The molecule has 7 amide bonds. The number of nitrogens with zero attached hydrogens (tertiary/aromatic N) is 4. The van der Waals surface area contributed by atoms with Gasteiger partial charge in [-0.2, -0.15) is 0 Å². The molecule has 6 N–H and O–H groups in total. The number of amides is 7. The molecule has 0 saturated carbocycles. The molecule has 2 atom stereocenters. The van der Waals surface area contributed by atoms with Gasteiger partial charge in [0.15, 0.2) is 6.10 Å². The van der Waals surface area contributed by atoms with Crippen molar-refractivity contribution in [3.8, 4) is 11.4 Å². The van der Waals surface area contributed by atoms with Crippen molar-refractivity contribution < 1.29 is 48.2 Å². The smallest absolute Gasteiger partial charge is 0.340 e. The Bertz CT molecular complexity index is 2990. The van der Waals surface area contributed by atoms with Gasteiger partial charge in [-0.25, -0.2) is 9.78 Å². The molecule has 2 aromatic carbocycles. The topological polar surface area (TPSA) is 277 Å². The fourth-order valence-corrected chi connectivity index (χ4v) is 8.85. The lowest BCUT2D eigenvalue weighted by Crippen LogP contribution is -2.52. The summed E-state index contributed by atoms with van der Waals surface area (Å²) in [6.07, 6.45) is 6.14. The van der Waals surface area contributed by atoms with E-state index < -0.39 is 48.3 Å². The molecule has 20 nitrogen and oxygen atoms in total. The number of imide groups is 1. The number of ether oxygens (including phenoxy) is 1. The summed E-state index contributed by atoms with van der Waals surface area (Å²) in [7, 11) is 0. The normalized spacial score (nSPS) is 15.0. The molecule has 0 aliphatic carbocycles. The molecule has 0 radical (unpaired) electrons. The average molecular weight is 954 g/mol. The molecule has 20 heteroatoms. The number of esters is 1. The van der Waals surface area contributed by atoms with Crippen LogP contribution < -0.4 is 32.1 Å². The van der Waals surface area contributed by atoms with Crippen LogP contribution in [0.4, 0.5) is 0 Å². The van der Waals surface area contributed by atoms with E-state index in [2.05, 4.69) is 31.6 Å². The van der Waals surface area contributed by atoms with Crippen LogP contribution in [-0.4, -0.2) is 111 Å². The molecule has 0 fully saturated rings. The molecule has 6 heterocycles. The van der Waals surface area contributed by atoms with Crippen molar-refractivity contribution in [2.45, 2.75) is 76.7 Å². The number of aromatic nitrogens is 3. The number of pyridine rings is 3. The number of hydrogen-bond donors (Lipinski definition) is 6. The molecule has 3 aliphatic rings. The van der Waals surface area contributed by atoms with Crippen LogP contribution >= 0.6 is 0 Å². The van der Waals surface area contributed by atoms with Crippen LogP contribution in [-0.2, 0) is 69.1 Å². The fourth-order valence-electron chi connectivity index (χ4n) is 8.85. The number of aliphatic hydroxyl groups is 1. The van der Waals surface area contributed by atoms with E-state index in [1.54, 1.807) is 41.1 Å². The predicted molar refractivity (Wildman–Crippen MR) is 252 cm³/mol. The van der Waals surface area contributed by atoms with E-state index in [0.717, 1.165) is 37.9 Å². The molecular formula is C50H51N9O11. The molecule has 3 aromatic heterocycles. The van der Waals surface area contributed by atoms with Crippen molar-refractivity contribution in [2.75, 3.05) is 32.7 Å². The quantitative estimate of drug-likeness (QED) is 0.0255. The number of fused-ring (bicyclic) bond motifs is 7. The van der Waals surface area contributed by atoms with Crippen molar-refractivity contribution in [2.24, 2.45) is 0 Å². The maximum Gasteiger partial charge on any atom is 0.340 e. The number of cyclic esters (lactones) is 1. The Balaban J connectivity index is 0.810. The lowest BCUT2D eigenvalue weighted by Gasteiger charge is -2.21. The largest absolute Gasteiger partial charge is 0.458 e. The molecular weight excluding hydrogens is 903 g/mol. The predicted octanol–water partition coefficient (Wildman–Crippen LogP) is 1.06. The van der Waals surface area contributed by atoms with Gasteiger partial charge < -0.3 is 41.0 Å². The number of rotatable bonds is 21. The Morgan fingerprint density at radius 3 is 2.29 bits per heavy atom. The number of benzene rings is 2. The van der Waals surface area contributed by atoms with Gasteiger partial charge in [0.1, 0.15) is 12.6 Å². The number of carbonyl (C=O) groups excluding carboxylic acids is 8. The Kier molecular flexibility index (Phi) is 15.1. The second kappa shape index (κ2) is 21.9. The van der Waals surface area contributed by atoms with Crippen LogP contribution in [0, 0.1) is 0 Å². The van der Waals surface area contributed by atoms with Crippen LogP contribution in [0.3, 0.4) is 0 Å². The number of nitrogens with one attached hydrogen (secondary N) is 5. The molecule has 0 spiro atoms. The van der Waals surface area contributed by atoms with Crippen LogP contribution in [0.25, 0.3) is 33.2 Å². The Labute approximate surface area is 400 Å². The summed E-state index contributed by atoms with van der Waals surface area (Å²) >= 11 is 0. The van der Waals surface area contributed by atoms with Gasteiger partial charge in [-0.05, 0) is 67.5 Å². The third-order valence-electron chi connectivity index (χ3n) is 12.4. The molecule has 362 valence electrons. The highest BCUT2D eigenvalue weighted by molar-refractivity contribution is 6.13. The van der Waals surface area contributed by atoms with Gasteiger partial charge in [0.25, 0.3) is 17.4 Å². The van der Waals surface area contributed by atoms with Gasteiger partial charge in [-0.1, -0.05) is 42.8 Å². The van der Waals surface area contributed by atoms with Gasteiger partial charge in [-0.3, -0.25) is 48.2 Å². The Morgan fingerprint density at radius 2 is 1.49 bits per heavy atom. The third-order valence-corrected chi connectivity index (χ3v) is 12.4. The number of aryl methyl sites for hydroxylation is 1. The van der Waals surface area contributed by atoms with E-state index in [0.29, 0.717) is 55.4 Å². The minimum Gasteiger partial charge on any atom is -0.458 e. The molecule has 3 aliphatic heterocycles. The summed E-state index contributed by atoms with van der Waals surface area (Å²) in [6.45, 7) is -0.670. The second-order valence-corrected chi connectivity index (χ2v) is 17.2. The van der Waals surface area contributed by atoms with Crippen LogP contribution in [0.5, 0.6) is 0 Å². The third kappa shape index (κ3) is 11.1. The van der Waals surface area contributed by atoms with Crippen LogP contribution in [0.1, 0.15) is 72.4 Å². The zero-order valence-corrected chi connectivity index (χ0v) is 38.1. The molecule has 0 unspecified atom stereocenters. The fraction of sp³-hybridized carbons (Fsp3) is 0.340. The highest BCUT2D eigenvalue weighted by atomic mass is 16.5. The zero-order chi connectivity index (χ0) is 49.3. The minimum absolute atomic E-state index is 0.0996. The van der Waals surface area contributed by atoms with Gasteiger partial charge in [-0.15, -0.1) is 0 Å². The number of carbonyl (C=O) groups is 8. The van der Waals surface area contributed by atoms with Gasteiger partial charge >= 0.3 is 5.97 Å². The second-order valence-electron chi connectivity index (χ2n) is 17.2. The first-order chi connectivity index (χ1) is 33.9. The number of aliphatic hydroxyl groups excluding tert-OH is 1. The molecule has 5 aromatic rings. The van der Waals surface area contributed by atoms with Crippen LogP contribution in [0.2, 0.25) is 0 Å². The maximum atomic E-state index is 13.7. The van der Waals surface area contributed by atoms with E-state index in [1.807, 2.05) is 30.3 Å². The highest BCUT2D eigenvalue weighted by Crippen LogP contribution is 2.40. The van der Waals surface area contributed by atoms with Crippen molar-refractivity contribution in [3.63, 3.8) is 0 Å². The first-order valence-electron chi connectivity index (χ1n) is 23.1. The molecule has 8 rings (SSSR count). The zero-order valence-electron chi connectivity index (χ0n) is 38.1. The summed E-state index contributed by atoms with van der Waals surface area (Å²) in [5.74, 6) is -4.26. The minimum atomic E-state index is -1.58. The van der Waals surface area contributed by atoms with E-state index in [4.69, 9.17) is 9.72 Å². The van der Waals surface area contributed by atoms with E-state index in [9.17, 15) is 48.3 Å². The standard InChI is InChI=1S/C50H51N9O11/c60-39(14-5-2-8-21-58-43(64)17-18-44(58)65)53-24-41(62)54-26-42(63)56-37(22-29-10-3-1-4-11-29)48(67)55-25-40(61)52-19-7-6-12-30-33-27-59-38(23-32-34(49(59)68)28-70-50(69)47(32)66)46(33)57-36-16-15-35-31(45(30)36)13-9-20-51-35/h1,3-4,9-11,13,15-18,20,23,37,47,66H,2,5-8,12,14,19,21-22,24-28H2,(H,52,61)(H,53,60)(H,54,62)(H,55,67)(H,56,63)/t37-,47-/m0/s1. The highest BCUT2D eigenvalue weighted by Gasteiger charge is 2.35. The van der Waals surface area contributed by atoms with Gasteiger partial charge in [0.2, 0.25) is 29.5 Å². The summed E-state index contributed by atoms with van der Waals surface area (Å²) < 4.78 is 6.66. The Hall–Kier alpha value is -8.13. The van der Waals surface area contributed by atoms with Gasteiger partial charge in [0.05, 0.1) is 54.2 Å². The van der Waals surface area contributed by atoms with Crippen molar-refractivity contribution in [1.82, 2.24) is 46.0 Å². The summed E-state index contributed by atoms with van der Waals surface area (Å²) in [5.41, 5.74) is 5.18. The monoisotopic (exact) mass is 953 g/mol. The number of hydrogen-bond acceptors (Lipinski definition) is 13. The van der Waals surface area contributed by atoms with Gasteiger partial charge in [0, 0.05) is 66.2 Å². The van der Waals surface area contributed by atoms with Crippen molar-refractivity contribution in [1.29, 1.82) is 0 Å². The van der Waals surface area contributed by atoms with Crippen molar-refractivity contribution in [3.05, 3.63) is 117 Å². The SMILES string of the molecule is O=C(CCCCCN1C(=O)C=CC1=O)NCC(=O)NCC(=O)N[C@@H](Cc1ccccc1)C(=O)NCC(=O)NCCCCc1c2c(nc3ccc4ncccc4c13)-c1cc3c(c(=O)n1C2)COC(=O)[C@H]3O. The lowest BCUT2D eigenvalue weighted by molar-refractivity contribution is -0.157. The van der Waals surface area contributed by atoms with E-state index in [1.165, 1.54) is 12.2 Å². The first kappa shape index (κ1) is 48.3. The Morgan fingerprint density at radius 1 is 0.757 bits per heavy atom. The molecule has 70 heavy (non-hydrogen) atoms. The van der Waals surface area contributed by atoms with E-state index in [-0.39, 0.29) is 86.6 Å². The van der Waals surface area contributed by atoms with Crippen LogP contribution in [0.15, 0.2) is 83.8 Å². The average Bonchev–Trinajstić information content (AvgIpc) is 3.90. The maximum absolute atomic E-state index is 13.7. The van der Waals surface area contributed by atoms with E-state index >= 15 is 0 Å². The molecule has 0 bridgehead atoms. The summed E-state index contributed by atoms with van der Waals surface area (Å²) in [6, 6.07) is 17.1. The summed E-state index contributed by atoms with van der Waals surface area (Å²) in [5, 5.41) is 25.4. The summed E-state index contributed by atoms with van der Waals surface area (Å²) in [4.78, 5) is 124. The first-order valence-corrected chi connectivity index (χ1v) is 23.1. The lowest BCUT2D eigenvalue weighted by atomic mass is 9.93. The molecule has 0 saturated heterocycles. The van der Waals surface area contributed by atoms with Crippen molar-refractivity contribution >= 4 is 69.1 Å². The number of unbranched alkanes of at least 4 members (excludes halogenated alkanes) is 3.